The third-order valence-corrected chi connectivity index (χ3v) is 3.75. The average molecular weight is 314 g/mol. The molecule has 1 aromatic carbocycles. The van der Waals surface area contributed by atoms with E-state index >= 15 is 0 Å². The van der Waals surface area contributed by atoms with Gasteiger partial charge in [0.05, 0.1) is 35.8 Å². The lowest BCUT2D eigenvalue weighted by Gasteiger charge is -2.24. The largest absolute Gasteiger partial charge is 0.492 e. The van der Waals surface area contributed by atoms with Gasteiger partial charge in [0, 0.05) is 0 Å². The van der Waals surface area contributed by atoms with Crippen LogP contribution in [-0.4, -0.2) is 23.6 Å². The number of carbonyl (C=O) groups excluding carboxylic acids is 1. The van der Waals surface area contributed by atoms with Gasteiger partial charge in [-0.15, -0.1) is 0 Å². The predicted octanol–water partition coefficient (Wildman–Crippen LogP) is 2.56. The Bertz CT molecular complexity index is 676. The van der Waals surface area contributed by atoms with E-state index in [0.717, 1.165) is 0 Å². The minimum atomic E-state index is -0.981. The number of anilines is 1. The molecule has 0 bridgehead atoms. The molecular formula is C17H18N2O4. The molecule has 120 valence electrons. The van der Waals surface area contributed by atoms with Gasteiger partial charge in [0.15, 0.2) is 0 Å². The number of hydrogen-bond acceptors (Lipinski definition) is 4. The molecule has 0 saturated carbocycles. The first kappa shape index (κ1) is 16.6. The summed E-state index contributed by atoms with van der Waals surface area (Å²) in [6.45, 7) is 2.23. The standard InChI is InChI=1S/C17H18N2O4/c1-2-23-15-8-7-11(10-18)9-14(15)19-16(20)12-5-3-4-6-13(12)17(21)22/h3-4,7-9,12-13H,2,5-6H2,1H3,(H,19,20)(H,21,22)/t12-,13-/m0/s1. The van der Waals surface area contributed by atoms with Crippen molar-refractivity contribution in [2.24, 2.45) is 11.8 Å². The van der Waals surface area contributed by atoms with Crippen LogP contribution in [0.2, 0.25) is 0 Å². The molecule has 0 saturated heterocycles. The summed E-state index contributed by atoms with van der Waals surface area (Å²) in [4.78, 5) is 23.8. The zero-order valence-corrected chi connectivity index (χ0v) is 12.8. The van der Waals surface area contributed by atoms with Crippen molar-refractivity contribution >= 4 is 17.6 Å². The van der Waals surface area contributed by atoms with Crippen LogP contribution in [0, 0.1) is 23.2 Å². The number of benzene rings is 1. The summed E-state index contributed by atoms with van der Waals surface area (Å²) in [7, 11) is 0. The molecule has 2 N–H and O–H groups in total. The fourth-order valence-corrected chi connectivity index (χ4v) is 2.58. The molecule has 1 amide bonds. The molecule has 1 aliphatic rings. The number of rotatable bonds is 5. The third kappa shape index (κ3) is 3.89. The van der Waals surface area contributed by atoms with E-state index in [1.165, 1.54) is 6.07 Å². The lowest BCUT2D eigenvalue weighted by atomic mass is 9.82. The molecule has 0 aromatic heterocycles. The molecule has 0 fully saturated rings. The van der Waals surface area contributed by atoms with Gasteiger partial charge in [-0.3, -0.25) is 9.59 Å². The number of aliphatic carboxylic acids is 1. The average Bonchev–Trinajstić information content (AvgIpc) is 2.56. The number of carbonyl (C=O) groups is 2. The van der Waals surface area contributed by atoms with E-state index in [2.05, 4.69) is 5.32 Å². The van der Waals surface area contributed by atoms with Crippen LogP contribution >= 0.6 is 0 Å². The first-order valence-corrected chi connectivity index (χ1v) is 7.42. The van der Waals surface area contributed by atoms with Crippen molar-refractivity contribution < 1.29 is 19.4 Å². The SMILES string of the molecule is CCOc1ccc(C#N)cc1NC(=O)[C@H]1CC=CC[C@@H]1C(=O)O. The Morgan fingerprint density at radius 1 is 1.35 bits per heavy atom. The monoisotopic (exact) mass is 314 g/mol. The highest BCUT2D eigenvalue weighted by Gasteiger charge is 2.34. The van der Waals surface area contributed by atoms with Crippen LogP contribution in [0.25, 0.3) is 0 Å². The Balaban J connectivity index is 2.23. The number of nitriles is 1. The van der Waals surface area contributed by atoms with Crippen LogP contribution in [0.5, 0.6) is 5.75 Å². The van der Waals surface area contributed by atoms with E-state index in [0.29, 0.717) is 36.4 Å². The molecule has 2 atom stereocenters. The number of nitrogens with one attached hydrogen (secondary N) is 1. The lowest BCUT2D eigenvalue weighted by Crippen LogP contribution is -2.34. The van der Waals surface area contributed by atoms with Crippen molar-refractivity contribution in [1.82, 2.24) is 0 Å². The molecule has 0 heterocycles. The summed E-state index contributed by atoms with van der Waals surface area (Å²) in [6, 6.07) is 6.75. The van der Waals surface area contributed by atoms with Gasteiger partial charge in [-0.2, -0.15) is 5.26 Å². The number of ether oxygens (including phenoxy) is 1. The Morgan fingerprint density at radius 2 is 2.04 bits per heavy atom. The van der Waals surface area contributed by atoms with E-state index in [1.807, 2.05) is 19.1 Å². The smallest absolute Gasteiger partial charge is 0.307 e. The molecule has 6 nitrogen and oxygen atoms in total. The molecule has 0 unspecified atom stereocenters. The summed E-state index contributed by atoms with van der Waals surface area (Å²) >= 11 is 0. The van der Waals surface area contributed by atoms with E-state index in [-0.39, 0.29) is 5.91 Å². The molecule has 1 aliphatic carbocycles. The molecular weight excluding hydrogens is 296 g/mol. The van der Waals surface area contributed by atoms with E-state index in [9.17, 15) is 14.7 Å². The van der Waals surface area contributed by atoms with Crippen molar-refractivity contribution in [1.29, 1.82) is 5.26 Å². The van der Waals surface area contributed by atoms with Gasteiger partial charge in [-0.25, -0.2) is 0 Å². The second kappa shape index (κ2) is 7.45. The van der Waals surface area contributed by atoms with E-state index < -0.39 is 17.8 Å². The number of nitrogens with zero attached hydrogens (tertiary/aromatic N) is 1. The molecule has 0 spiro atoms. The Hall–Kier alpha value is -2.81. The van der Waals surface area contributed by atoms with Gasteiger partial charge < -0.3 is 15.2 Å². The van der Waals surface area contributed by atoms with Crippen LogP contribution in [-0.2, 0) is 9.59 Å². The Morgan fingerprint density at radius 3 is 2.65 bits per heavy atom. The second-order valence-electron chi connectivity index (χ2n) is 5.24. The number of amides is 1. The quantitative estimate of drug-likeness (QED) is 0.814. The van der Waals surface area contributed by atoms with Crippen molar-refractivity contribution in [2.75, 3.05) is 11.9 Å². The highest BCUT2D eigenvalue weighted by Crippen LogP contribution is 2.30. The summed E-state index contributed by atoms with van der Waals surface area (Å²) in [5, 5.41) is 21.0. The Kier molecular flexibility index (Phi) is 5.36. The summed E-state index contributed by atoms with van der Waals surface area (Å²) < 4.78 is 5.44. The summed E-state index contributed by atoms with van der Waals surface area (Å²) in [5.74, 6) is -2.28. The van der Waals surface area contributed by atoms with Crippen LogP contribution in [0.3, 0.4) is 0 Å². The fraction of sp³-hybridized carbons (Fsp3) is 0.353. The maximum Gasteiger partial charge on any atom is 0.307 e. The van der Waals surface area contributed by atoms with Crippen LogP contribution in [0.4, 0.5) is 5.69 Å². The maximum absolute atomic E-state index is 12.5. The van der Waals surface area contributed by atoms with Crippen LogP contribution < -0.4 is 10.1 Å². The van der Waals surface area contributed by atoms with Gasteiger partial charge in [-0.05, 0) is 38.0 Å². The number of carboxylic acid groups (broad SMARTS) is 1. The zero-order valence-electron chi connectivity index (χ0n) is 12.8. The highest BCUT2D eigenvalue weighted by molar-refractivity contribution is 5.96. The van der Waals surface area contributed by atoms with Gasteiger partial charge in [0.1, 0.15) is 5.75 Å². The van der Waals surface area contributed by atoms with Crippen LogP contribution in [0.15, 0.2) is 30.4 Å². The number of allylic oxidation sites excluding steroid dienone is 2. The predicted molar refractivity (Wildman–Crippen MR) is 83.9 cm³/mol. The fourth-order valence-electron chi connectivity index (χ4n) is 2.58. The van der Waals surface area contributed by atoms with E-state index in [1.54, 1.807) is 18.2 Å². The van der Waals surface area contributed by atoms with Crippen molar-refractivity contribution in [2.45, 2.75) is 19.8 Å². The molecule has 0 aliphatic heterocycles. The minimum absolute atomic E-state index is 0.337. The normalized spacial score (nSPS) is 19.7. The van der Waals surface area contributed by atoms with E-state index in [4.69, 9.17) is 10.00 Å². The summed E-state index contributed by atoms with van der Waals surface area (Å²) in [6.07, 6.45) is 4.32. The highest BCUT2D eigenvalue weighted by atomic mass is 16.5. The molecule has 1 aromatic rings. The third-order valence-electron chi connectivity index (χ3n) is 3.75. The first-order valence-electron chi connectivity index (χ1n) is 7.42. The topological polar surface area (TPSA) is 99.4 Å². The van der Waals surface area contributed by atoms with Gasteiger partial charge in [-0.1, -0.05) is 12.2 Å². The van der Waals surface area contributed by atoms with Gasteiger partial charge in [0.25, 0.3) is 0 Å². The maximum atomic E-state index is 12.5. The van der Waals surface area contributed by atoms with Gasteiger partial charge in [0.2, 0.25) is 5.91 Å². The number of carboxylic acids is 1. The van der Waals surface area contributed by atoms with Crippen LogP contribution in [0.1, 0.15) is 25.3 Å². The molecule has 0 radical (unpaired) electrons. The molecule has 6 heteroatoms. The Labute approximate surface area is 134 Å². The number of hydrogen-bond donors (Lipinski definition) is 2. The molecule has 2 rings (SSSR count). The van der Waals surface area contributed by atoms with Crippen molar-refractivity contribution in [3.63, 3.8) is 0 Å². The zero-order chi connectivity index (χ0) is 16.8. The molecule has 23 heavy (non-hydrogen) atoms. The minimum Gasteiger partial charge on any atom is -0.492 e. The second-order valence-corrected chi connectivity index (χ2v) is 5.24. The summed E-state index contributed by atoms with van der Waals surface area (Å²) in [5.41, 5.74) is 0.775. The van der Waals surface area contributed by atoms with Gasteiger partial charge >= 0.3 is 5.97 Å². The first-order chi connectivity index (χ1) is 11.1. The lowest BCUT2D eigenvalue weighted by molar-refractivity contribution is -0.146. The van der Waals surface area contributed by atoms with Crippen molar-refractivity contribution in [3.8, 4) is 11.8 Å². The van der Waals surface area contributed by atoms with Crippen molar-refractivity contribution in [3.05, 3.63) is 35.9 Å².